The summed E-state index contributed by atoms with van der Waals surface area (Å²) in [7, 11) is 1.61. The largest absolute Gasteiger partial charge is 0.495 e. The maximum Gasteiger partial charge on any atom is 0.144 e. The zero-order valence-corrected chi connectivity index (χ0v) is 12.1. The van der Waals surface area contributed by atoms with Crippen LogP contribution in [0.15, 0.2) is 18.3 Å². The molecule has 0 radical (unpaired) electrons. The molecule has 3 N–H and O–H groups in total. The predicted octanol–water partition coefficient (Wildman–Crippen LogP) is 2.35. The van der Waals surface area contributed by atoms with Gasteiger partial charge in [-0.05, 0) is 38.7 Å². The van der Waals surface area contributed by atoms with Gasteiger partial charge in [-0.2, -0.15) is 5.10 Å². The van der Waals surface area contributed by atoms with Crippen molar-refractivity contribution in [2.75, 3.05) is 12.8 Å². The van der Waals surface area contributed by atoms with E-state index in [1.54, 1.807) is 7.11 Å². The number of nitrogens with zero attached hydrogens (tertiary/aromatic N) is 2. The first-order valence-corrected chi connectivity index (χ1v) is 6.93. The molecule has 0 atom stereocenters. The van der Waals surface area contributed by atoms with Crippen molar-refractivity contribution in [2.24, 2.45) is 5.92 Å². The van der Waals surface area contributed by atoms with E-state index in [2.05, 4.69) is 5.10 Å². The van der Waals surface area contributed by atoms with Crippen molar-refractivity contribution >= 4 is 16.6 Å². The number of methoxy groups -OCH3 is 1. The highest BCUT2D eigenvalue weighted by Crippen LogP contribution is 2.44. The van der Waals surface area contributed by atoms with E-state index in [0.29, 0.717) is 23.4 Å². The molecule has 0 saturated heterocycles. The molecule has 2 aromatic rings. The number of nitrogens with two attached hydrogens (primary N) is 1. The maximum atomic E-state index is 9.98. The number of hydrogen-bond acceptors (Lipinski definition) is 4. The Labute approximate surface area is 118 Å². The van der Waals surface area contributed by atoms with E-state index >= 15 is 0 Å². The number of aromatic nitrogens is 2. The summed E-state index contributed by atoms with van der Waals surface area (Å²) in [5, 5.41) is 15.6. The molecule has 5 heteroatoms. The highest BCUT2D eigenvalue weighted by molar-refractivity contribution is 5.84. The molecule has 1 fully saturated rings. The van der Waals surface area contributed by atoms with Crippen LogP contribution in [-0.2, 0) is 0 Å². The summed E-state index contributed by atoms with van der Waals surface area (Å²) in [6.45, 7) is 3.75. The van der Waals surface area contributed by atoms with Crippen molar-refractivity contribution in [3.8, 4) is 5.75 Å². The van der Waals surface area contributed by atoms with Gasteiger partial charge in [0, 0.05) is 17.6 Å². The number of ether oxygens (including phenoxy) is 1. The van der Waals surface area contributed by atoms with Crippen LogP contribution in [0.1, 0.15) is 32.7 Å². The highest BCUT2D eigenvalue weighted by atomic mass is 16.5. The molecule has 1 aromatic heterocycles. The SMILES string of the molecule is COc1cc2nn([C@H]3C[C@H](C(C)(C)O)C3)cc2cc1N. The molecule has 0 spiro atoms. The molecule has 1 saturated carbocycles. The lowest BCUT2D eigenvalue weighted by Crippen LogP contribution is -2.41. The molecule has 1 aromatic carbocycles. The van der Waals surface area contributed by atoms with E-state index in [1.807, 2.05) is 36.9 Å². The Morgan fingerprint density at radius 2 is 2.10 bits per heavy atom. The van der Waals surface area contributed by atoms with Crippen LogP contribution in [0.4, 0.5) is 5.69 Å². The van der Waals surface area contributed by atoms with E-state index in [-0.39, 0.29) is 0 Å². The zero-order valence-electron chi connectivity index (χ0n) is 12.1. The Bertz CT molecular complexity index is 636. The zero-order chi connectivity index (χ0) is 14.5. The van der Waals surface area contributed by atoms with Crippen LogP contribution in [0.2, 0.25) is 0 Å². The lowest BCUT2D eigenvalue weighted by atomic mass is 9.71. The van der Waals surface area contributed by atoms with Gasteiger partial charge in [-0.1, -0.05) is 0 Å². The quantitative estimate of drug-likeness (QED) is 0.843. The Hall–Kier alpha value is -1.75. The van der Waals surface area contributed by atoms with Crippen molar-refractivity contribution < 1.29 is 9.84 Å². The summed E-state index contributed by atoms with van der Waals surface area (Å²) in [4.78, 5) is 0. The van der Waals surface area contributed by atoms with Gasteiger partial charge in [0.05, 0.1) is 30.0 Å². The number of aliphatic hydroxyl groups is 1. The second-order valence-electron chi connectivity index (χ2n) is 6.24. The lowest BCUT2D eigenvalue weighted by molar-refractivity contribution is -0.0412. The van der Waals surface area contributed by atoms with Crippen LogP contribution in [-0.4, -0.2) is 27.6 Å². The highest BCUT2D eigenvalue weighted by Gasteiger charge is 2.40. The average molecular weight is 275 g/mol. The molecular weight excluding hydrogens is 254 g/mol. The first kappa shape index (κ1) is 13.2. The maximum absolute atomic E-state index is 9.98. The molecule has 0 amide bonds. The smallest absolute Gasteiger partial charge is 0.144 e. The third-order valence-electron chi connectivity index (χ3n) is 4.36. The molecule has 3 rings (SSSR count). The molecule has 5 nitrogen and oxygen atoms in total. The molecule has 0 bridgehead atoms. The summed E-state index contributed by atoms with van der Waals surface area (Å²) in [5.74, 6) is 1.00. The minimum absolute atomic E-state index is 0.347. The molecular formula is C15H21N3O2. The van der Waals surface area contributed by atoms with Crippen LogP contribution in [0.25, 0.3) is 10.9 Å². The van der Waals surface area contributed by atoms with Gasteiger partial charge in [-0.3, -0.25) is 4.68 Å². The summed E-state index contributed by atoms with van der Waals surface area (Å²) in [6.07, 6.45) is 3.95. The minimum atomic E-state index is -0.600. The minimum Gasteiger partial charge on any atom is -0.495 e. The van der Waals surface area contributed by atoms with Gasteiger partial charge < -0.3 is 15.6 Å². The van der Waals surface area contributed by atoms with E-state index < -0.39 is 5.60 Å². The van der Waals surface area contributed by atoms with Crippen LogP contribution in [0, 0.1) is 5.92 Å². The molecule has 1 aliphatic rings. The predicted molar refractivity (Wildman–Crippen MR) is 78.8 cm³/mol. The third kappa shape index (κ3) is 2.12. The molecule has 0 unspecified atom stereocenters. The monoisotopic (exact) mass is 275 g/mol. The van der Waals surface area contributed by atoms with E-state index in [4.69, 9.17) is 10.5 Å². The first-order chi connectivity index (χ1) is 9.38. The number of benzene rings is 1. The topological polar surface area (TPSA) is 73.3 Å². The van der Waals surface area contributed by atoms with Crippen molar-refractivity contribution in [3.05, 3.63) is 18.3 Å². The van der Waals surface area contributed by atoms with E-state index in [0.717, 1.165) is 23.7 Å². The summed E-state index contributed by atoms with van der Waals surface area (Å²) >= 11 is 0. The average Bonchev–Trinajstić information content (AvgIpc) is 2.65. The van der Waals surface area contributed by atoms with Crippen molar-refractivity contribution in [1.82, 2.24) is 9.78 Å². The second-order valence-corrected chi connectivity index (χ2v) is 6.24. The third-order valence-corrected chi connectivity index (χ3v) is 4.36. The standard InChI is InChI=1S/C15H21N3O2/c1-15(2,19)10-5-11(6-10)18-8-9-4-12(16)14(20-3)7-13(9)17-18/h4,7-8,10-11,19H,5-6,16H2,1-3H3/t10-,11-. The van der Waals surface area contributed by atoms with Gasteiger partial charge in [0.25, 0.3) is 0 Å². The fourth-order valence-corrected chi connectivity index (χ4v) is 2.83. The summed E-state index contributed by atoms with van der Waals surface area (Å²) in [6, 6.07) is 4.13. The van der Waals surface area contributed by atoms with Crippen molar-refractivity contribution in [3.63, 3.8) is 0 Å². The van der Waals surface area contributed by atoms with Crippen LogP contribution >= 0.6 is 0 Å². The Balaban J connectivity index is 1.84. The van der Waals surface area contributed by atoms with Gasteiger partial charge >= 0.3 is 0 Å². The lowest BCUT2D eigenvalue weighted by Gasteiger charge is -2.42. The number of fused-ring (bicyclic) bond motifs is 1. The van der Waals surface area contributed by atoms with Crippen LogP contribution in [0.5, 0.6) is 5.75 Å². The van der Waals surface area contributed by atoms with Crippen LogP contribution in [0.3, 0.4) is 0 Å². The normalized spacial score (nSPS) is 22.8. The molecule has 20 heavy (non-hydrogen) atoms. The van der Waals surface area contributed by atoms with Gasteiger partial charge in [0.2, 0.25) is 0 Å². The Morgan fingerprint density at radius 1 is 1.40 bits per heavy atom. The molecule has 0 aliphatic heterocycles. The van der Waals surface area contributed by atoms with Crippen molar-refractivity contribution in [2.45, 2.75) is 38.3 Å². The number of hydrogen-bond donors (Lipinski definition) is 2. The first-order valence-electron chi connectivity index (χ1n) is 6.93. The summed E-state index contributed by atoms with van der Waals surface area (Å²) < 4.78 is 7.21. The Morgan fingerprint density at radius 3 is 2.70 bits per heavy atom. The fourth-order valence-electron chi connectivity index (χ4n) is 2.83. The molecule has 108 valence electrons. The van der Waals surface area contributed by atoms with E-state index in [9.17, 15) is 5.11 Å². The van der Waals surface area contributed by atoms with E-state index in [1.165, 1.54) is 0 Å². The van der Waals surface area contributed by atoms with Gasteiger partial charge in [0.15, 0.2) is 0 Å². The number of rotatable bonds is 3. The number of anilines is 1. The number of nitrogen functional groups attached to an aromatic ring is 1. The fraction of sp³-hybridized carbons (Fsp3) is 0.533. The van der Waals surface area contributed by atoms with Gasteiger partial charge in [-0.25, -0.2) is 0 Å². The Kier molecular flexibility index (Phi) is 2.90. The van der Waals surface area contributed by atoms with Gasteiger partial charge in [-0.15, -0.1) is 0 Å². The van der Waals surface area contributed by atoms with Crippen molar-refractivity contribution in [1.29, 1.82) is 0 Å². The van der Waals surface area contributed by atoms with Gasteiger partial charge in [0.1, 0.15) is 5.75 Å². The summed E-state index contributed by atoms with van der Waals surface area (Å²) in [5.41, 5.74) is 6.83. The second kappa shape index (κ2) is 4.38. The van der Waals surface area contributed by atoms with Crippen LogP contribution < -0.4 is 10.5 Å². The molecule has 1 heterocycles. The molecule has 1 aliphatic carbocycles.